The summed E-state index contributed by atoms with van der Waals surface area (Å²) in [6, 6.07) is 13.8. The first-order chi connectivity index (χ1) is 14.0. The largest absolute Gasteiger partial charge is 0.402 e. The van der Waals surface area contributed by atoms with Gasteiger partial charge in [0.1, 0.15) is 0 Å². The second-order valence-electron chi connectivity index (χ2n) is 7.86. The van der Waals surface area contributed by atoms with Gasteiger partial charge in [-0.2, -0.15) is 0 Å². The van der Waals surface area contributed by atoms with Crippen LogP contribution < -0.4 is 0 Å². The van der Waals surface area contributed by atoms with Crippen molar-refractivity contribution < 1.29 is 14.3 Å². The number of cyclic esters (lactones) is 1. The third-order valence-corrected chi connectivity index (χ3v) is 5.20. The maximum atomic E-state index is 12.4. The highest BCUT2D eigenvalue weighted by molar-refractivity contribution is 6.16. The fraction of sp³-hybridized carbons (Fsp3) is 0.348. The molecule has 1 fully saturated rings. The summed E-state index contributed by atoms with van der Waals surface area (Å²) in [5.74, 6) is 0.455. The Kier molecular flexibility index (Phi) is 5.34. The average molecular weight is 391 g/mol. The first kappa shape index (κ1) is 19.2. The highest BCUT2D eigenvalue weighted by atomic mass is 16.6. The standard InChI is InChI=1S/C23H25N3O3/c1-16(2)14-21(27)26-12-10-25(11-13-26)15-20-23(28)29-22(24-20)19-9-5-7-17-6-3-4-8-18(17)19/h3-9,15-16H,10-14H2,1-2H3/b20-15-. The number of hydrogen-bond acceptors (Lipinski definition) is 5. The van der Waals surface area contributed by atoms with Gasteiger partial charge >= 0.3 is 5.97 Å². The molecule has 6 nitrogen and oxygen atoms in total. The van der Waals surface area contributed by atoms with Gasteiger partial charge in [0.2, 0.25) is 11.8 Å². The summed E-state index contributed by atoms with van der Waals surface area (Å²) in [5.41, 5.74) is 1.11. The fourth-order valence-corrected chi connectivity index (χ4v) is 3.68. The van der Waals surface area contributed by atoms with Crippen LogP contribution in [0.25, 0.3) is 10.8 Å². The van der Waals surface area contributed by atoms with Crippen molar-refractivity contribution in [3.8, 4) is 0 Å². The number of rotatable bonds is 4. The number of piperazine rings is 1. The molecule has 0 N–H and O–H groups in total. The smallest absolute Gasteiger partial charge is 0.365 e. The second-order valence-corrected chi connectivity index (χ2v) is 7.86. The first-order valence-corrected chi connectivity index (χ1v) is 10.0. The molecule has 29 heavy (non-hydrogen) atoms. The predicted molar refractivity (Wildman–Crippen MR) is 112 cm³/mol. The number of benzene rings is 2. The molecule has 2 aromatic rings. The van der Waals surface area contributed by atoms with Gasteiger partial charge in [-0.25, -0.2) is 9.79 Å². The lowest BCUT2D eigenvalue weighted by Gasteiger charge is -2.34. The van der Waals surface area contributed by atoms with E-state index in [9.17, 15) is 9.59 Å². The van der Waals surface area contributed by atoms with E-state index in [1.165, 1.54) is 0 Å². The molecule has 0 atom stereocenters. The average Bonchev–Trinajstić information content (AvgIpc) is 3.07. The molecule has 2 aliphatic rings. The fourth-order valence-electron chi connectivity index (χ4n) is 3.68. The monoisotopic (exact) mass is 391 g/mol. The van der Waals surface area contributed by atoms with Gasteiger partial charge in [0.05, 0.1) is 0 Å². The van der Waals surface area contributed by atoms with E-state index in [1.54, 1.807) is 6.20 Å². The molecule has 4 rings (SSSR count). The number of carbonyl (C=O) groups is 2. The molecule has 1 saturated heterocycles. The van der Waals surface area contributed by atoms with Gasteiger partial charge in [-0.1, -0.05) is 50.2 Å². The van der Waals surface area contributed by atoms with Crippen molar-refractivity contribution in [2.75, 3.05) is 26.2 Å². The van der Waals surface area contributed by atoms with E-state index in [2.05, 4.69) is 18.8 Å². The molecule has 2 aliphatic heterocycles. The molecule has 0 aromatic heterocycles. The Morgan fingerprint density at radius 2 is 1.83 bits per heavy atom. The van der Waals surface area contributed by atoms with Gasteiger partial charge in [0.25, 0.3) is 0 Å². The van der Waals surface area contributed by atoms with E-state index in [-0.39, 0.29) is 5.91 Å². The number of esters is 1. The SMILES string of the molecule is CC(C)CC(=O)N1CCN(/C=C2\N=C(c3cccc4ccccc34)OC2=O)CC1. The van der Waals surface area contributed by atoms with Crippen LogP contribution in [0.4, 0.5) is 0 Å². The molecule has 0 spiro atoms. The molecule has 1 amide bonds. The zero-order chi connectivity index (χ0) is 20.4. The van der Waals surface area contributed by atoms with Gasteiger partial charge in [-0.05, 0) is 22.8 Å². The van der Waals surface area contributed by atoms with Crippen molar-refractivity contribution in [1.82, 2.24) is 9.80 Å². The van der Waals surface area contributed by atoms with Crippen LogP contribution in [-0.4, -0.2) is 53.8 Å². The molecule has 0 bridgehead atoms. The van der Waals surface area contributed by atoms with Crippen LogP contribution in [-0.2, 0) is 14.3 Å². The molecule has 0 saturated carbocycles. The van der Waals surface area contributed by atoms with Crippen LogP contribution in [0.5, 0.6) is 0 Å². The Bertz CT molecular complexity index is 996. The van der Waals surface area contributed by atoms with Gasteiger partial charge < -0.3 is 14.5 Å². The minimum Gasteiger partial charge on any atom is -0.402 e. The summed E-state index contributed by atoms with van der Waals surface area (Å²) < 4.78 is 5.46. The second kappa shape index (κ2) is 8.07. The van der Waals surface area contributed by atoms with Crippen LogP contribution >= 0.6 is 0 Å². The minimum absolute atomic E-state index is 0.198. The summed E-state index contributed by atoms with van der Waals surface area (Å²) in [4.78, 5) is 33.0. The highest BCUT2D eigenvalue weighted by Gasteiger charge is 2.27. The zero-order valence-corrected chi connectivity index (χ0v) is 16.8. The first-order valence-electron chi connectivity index (χ1n) is 10.0. The Hall–Kier alpha value is -3.15. The Morgan fingerprint density at radius 3 is 2.59 bits per heavy atom. The molecule has 0 radical (unpaired) electrons. The van der Waals surface area contributed by atoms with Gasteiger partial charge in [-0.3, -0.25) is 4.79 Å². The molecule has 2 heterocycles. The van der Waals surface area contributed by atoms with E-state index in [1.807, 2.05) is 52.3 Å². The van der Waals surface area contributed by atoms with Crippen LogP contribution in [0.15, 0.2) is 59.4 Å². The van der Waals surface area contributed by atoms with E-state index in [0.717, 1.165) is 16.3 Å². The number of nitrogens with zero attached hydrogens (tertiary/aromatic N) is 3. The number of carbonyl (C=O) groups excluding carboxylic acids is 2. The van der Waals surface area contributed by atoms with Crippen molar-refractivity contribution in [1.29, 1.82) is 0 Å². The third kappa shape index (κ3) is 4.16. The van der Waals surface area contributed by atoms with Gasteiger partial charge in [0, 0.05) is 44.4 Å². The Balaban J connectivity index is 1.48. The number of aliphatic imine (C=N–C) groups is 1. The van der Waals surface area contributed by atoms with Crippen molar-refractivity contribution in [3.05, 3.63) is 59.9 Å². The van der Waals surface area contributed by atoms with E-state index >= 15 is 0 Å². The zero-order valence-electron chi connectivity index (χ0n) is 16.8. The Labute approximate surface area is 170 Å². The van der Waals surface area contributed by atoms with Gasteiger partial charge in [-0.15, -0.1) is 0 Å². The number of fused-ring (bicyclic) bond motifs is 1. The van der Waals surface area contributed by atoms with Gasteiger partial charge in [0.15, 0.2) is 5.70 Å². The van der Waals surface area contributed by atoms with Crippen molar-refractivity contribution >= 4 is 28.5 Å². The summed E-state index contributed by atoms with van der Waals surface area (Å²) >= 11 is 0. The lowest BCUT2D eigenvalue weighted by molar-refractivity contribution is -0.133. The van der Waals surface area contributed by atoms with Crippen LogP contribution in [0.2, 0.25) is 0 Å². The number of ether oxygens (including phenoxy) is 1. The minimum atomic E-state index is -0.439. The van der Waals surface area contributed by atoms with Crippen molar-refractivity contribution in [2.45, 2.75) is 20.3 Å². The molecule has 6 heteroatoms. The third-order valence-electron chi connectivity index (χ3n) is 5.20. The summed E-state index contributed by atoms with van der Waals surface area (Å²) in [6.07, 6.45) is 2.33. The van der Waals surface area contributed by atoms with E-state index in [4.69, 9.17) is 4.74 Å². The van der Waals surface area contributed by atoms with Crippen LogP contribution in [0.3, 0.4) is 0 Å². The lowest BCUT2D eigenvalue weighted by Crippen LogP contribution is -2.47. The quantitative estimate of drug-likeness (QED) is 0.593. The van der Waals surface area contributed by atoms with E-state index < -0.39 is 5.97 Å². The molecular weight excluding hydrogens is 366 g/mol. The van der Waals surface area contributed by atoms with E-state index in [0.29, 0.717) is 50.1 Å². The summed E-state index contributed by atoms with van der Waals surface area (Å²) in [6.45, 7) is 6.78. The molecule has 0 aliphatic carbocycles. The topological polar surface area (TPSA) is 62.2 Å². The highest BCUT2D eigenvalue weighted by Crippen LogP contribution is 2.24. The summed E-state index contributed by atoms with van der Waals surface area (Å²) in [5, 5.41) is 2.07. The Morgan fingerprint density at radius 1 is 1.10 bits per heavy atom. The predicted octanol–water partition coefficient (Wildman–Crippen LogP) is 3.17. The van der Waals surface area contributed by atoms with Crippen molar-refractivity contribution in [2.24, 2.45) is 10.9 Å². The molecule has 150 valence electrons. The number of amides is 1. The maximum Gasteiger partial charge on any atom is 0.365 e. The lowest BCUT2D eigenvalue weighted by atomic mass is 10.0. The molecule has 0 unspecified atom stereocenters. The molecule has 2 aromatic carbocycles. The van der Waals surface area contributed by atoms with Crippen LogP contribution in [0.1, 0.15) is 25.8 Å². The van der Waals surface area contributed by atoms with Crippen LogP contribution in [0, 0.1) is 5.92 Å². The number of hydrogen-bond donors (Lipinski definition) is 0. The summed E-state index contributed by atoms with van der Waals surface area (Å²) in [7, 11) is 0. The molecular formula is C23H25N3O3. The van der Waals surface area contributed by atoms with Crippen molar-refractivity contribution in [3.63, 3.8) is 0 Å². The maximum absolute atomic E-state index is 12.4. The normalized spacial score (nSPS) is 18.5.